The second-order valence-electron chi connectivity index (χ2n) is 8.45. The van der Waals surface area contributed by atoms with Crippen molar-refractivity contribution < 1.29 is 14.3 Å². The average Bonchev–Trinajstić information content (AvgIpc) is 2.78. The summed E-state index contributed by atoms with van der Waals surface area (Å²) in [6.07, 6.45) is 6.97. The van der Waals surface area contributed by atoms with Crippen molar-refractivity contribution in [3.63, 3.8) is 0 Å². The maximum Gasteiger partial charge on any atom is 0.336 e. The predicted molar refractivity (Wildman–Crippen MR) is 90.1 cm³/mol. The summed E-state index contributed by atoms with van der Waals surface area (Å²) >= 11 is 6.55. The summed E-state index contributed by atoms with van der Waals surface area (Å²) in [4.78, 5) is 24.1. The smallest absolute Gasteiger partial charge is 0.336 e. The normalized spacial score (nSPS) is 42.2. The summed E-state index contributed by atoms with van der Waals surface area (Å²) in [6, 6.07) is 7.30. The van der Waals surface area contributed by atoms with Crippen LogP contribution in [-0.4, -0.2) is 22.2 Å². The molecule has 1 aromatic carbocycles. The highest BCUT2D eigenvalue weighted by atomic mass is 35.5. The molecule has 5 aliphatic carbocycles. The number of alkyl halides is 1. The second kappa shape index (κ2) is 4.85. The van der Waals surface area contributed by atoms with Gasteiger partial charge in [-0.25, -0.2) is 4.79 Å². The Bertz CT molecular complexity index is 705. The fourth-order valence-electron chi connectivity index (χ4n) is 6.05. The van der Waals surface area contributed by atoms with Gasteiger partial charge in [0.05, 0.1) is 0 Å². The lowest BCUT2D eigenvalue weighted by atomic mass is 9.54. The van der Waals surface area contributed by atoms with Crippen molar-refractivity contribution in [1.82, 2.24) is 0 Å². The number of benzene rings is 1. The monoisotopic (exact) mass is 344 g/mol. The molecule has 1 aromatic rings. The quantitative estimate of drug-likeness (QED) is 0.464. The van der Waals surface area contributed by atoms with Gasteiger partial charge in [0, 0.05) is 12.0 Å². The van der Waals surface area contributed by atoms with Crippen LogP contribution >= 0.6 is 11.6 Å². The number of hydrogen-bond donors (Lipinski definition) is 0. The Morgan fingerprint density at radius 2 is 1.62 bits per heavy atom. The van der Waals surface area contributed by atoms with Crippen LogP contribution in [0.4, 0.5) is 0 Å². The van der Waals surface area contributed by atoms with E-state index >= 15 is 0 Å². The molecule has 1 unspecified atom stereocenters. The van der Waals surface area contributed by atoms with Crippen LogP contribution in [0.5, 0.6) is 0 Å². The molecule has 0 aliphatic heterocycles. The number of esters is 1. The number of hydrogen-bond acceptors (Lipinski definition) is 3. The van der Waals surface area contributed by atoms with Gasteiger partial charge in [-0.3, -0.25) is 4.79 Å². The number of ketones is 1. The van der Waals surface area contributed by atoms with E-state index < -0.39 is 10.8 Å². The molecule has 0 saturated heterocycles. The zero-order chi connectivity index (χ0) is 16.5. The van der Waals surface area contributed by atoms with Crippen molar-refractivity contribution in [3.05, 3.63) is 35.4 Å². The molecule has 6 rings (SSSR count). The topological polar surface area (TPSA) is 43.4 Å². The van der Waals surface area contributed by atoms with Gasteiger partial charge < -0.3 is 4.74 Å². The van der Waals surface area contributed by atoms with Gasteiger partial charge in [-0.15, -0.1) is 0 Å². The molecular weight excluding hydrogens is 324 g/mol. The average molecular weight is 345 g/mol. The molecular formula is C20H21ClO3. The first-order valence-corrected chi connectivity index (χ1v) is 9.40. The molecule has 0 radical (unpaired) electrons. The van der Waals surface area contributed by atoms with Crippen LogP contribution in [0, 0.1) is 17.8 Å². The lowest BCUT2D eigenvalue weighted by Gasteiger charge is -2.56. The maximum atomic E-state index is 13.0. The molecule has 4 fully saturated rings. The van der Waals surface area contributed by atoms with Gasteiger partial charge >= 0.3 is 5.97 Å². The Morgan fingerprint density at radius 1 is 1.04 bits per heavy atom. The molecule has 4 bridgehead atoms. The molecule has 24 heavy (non-hydrogen) atoms. The van der Waals surface area contributed by atoms with Crippen molar-refractivity contribution in [2.45, 2.75) is 55.4 Å². The fourth-order valence-corrected chi connectivity index (χ4v) is 6.34. The predicted octanol–water partition coefficient (Wildman–Crippen LogP) is 3.92. The highest BCUT2D eigenvalue weighted by Crippen LogP contribution is 2.57. The number of fused-ring (bicyclic) bond motifs is 1. The van der Waals surface area contributed by atoms with Gasteiger partial charge in [0.1, 0.15) is 5.60 Å². The van der Waals surface area contributed by atoms with E-state index in [1.165, 1.54) is 19.3 Å². The molecule has 126 valence electrons. The van der Waals surface area contributed by atoms with Crippen LogP contribution < -0.4 is 0 Å². The number of ether oxygens (including phenoxy) is 1. The summed E-state index contributed by atoms with van der Waals surface area (Å²) in [5.74, 6) is 1.24. The third-order valence-electron chi connectivity index (χ3n) is 6.67. The van der Waals surface area contributed by atoms with Crippen LogP contribution in [0.3, 0.4) is 0 Å². The third-order valence-corrected chi connectivity index (χ3v) is 7.13. The van der Waals surface area contributed by atoms with E-state index in [9.17, 15) is 9.59 Å². The molecule has 0 aromatic heterocycles. The minimum atomic E-state index is -1.56. The minimum Gasteiger partial charge on any atom is -0.457 e. The van der Waals surface area contributed by atoms with E-state index in [2.05, 4.69) is 0 Å². The Hall–Kier alpha value is -1.35. The Kier molecular flexibility index (Phi) is 3.02. The minimum absolute atomic E-state index is 0.245. The molecule has 4 saturated carbocycles. The van der Waals surface area contributed by atoms with E-state index in [4.69, 9.17) is 16.3 Å². The lowest BCUT2D eigenvalue weighted by Crippen LogP contribution is -2.55. The Balaban J connectivity index is 1.41. The zero-order valence-electron chi connectivity index (χ0n) is 13.6. The lowest BCUT2D eigenvalue weighted by molar-refractivity contribution is -0.188. The van der Waals surface area contributed by atoms with Crippen molar-refractivity contribution in [1.29, 1.82) is 0 Å². The fraction of sp³-hybridized carbons (Fsp3) is 0.600. The van der Waals surface area contributed by atoms with Crippen molar-refractivity contribution in [3.8, 4) is 0 Å². The van der Waals surface area contributed by atoms with E-state index in [-0.39, 0.29) is 17.8 Å². The molecule has 0 spiro atoms. The zero-order valence-corrected chi connectivity index (χ0v) is 14.3. The SMILES string of the molecule is O=C(OC12CC3CC(CC(C3)C1)C2)C1(Cl)Cc2ccccc2C1=O. The van der Waals surface area contributed by atoms with E-state index in [1.54, 1.807) is 6.07 Å². The summed E-state index contributed by atoms with van der Waals surface area (Å²) in [6.45, 7) is 0. The first kappa shape index (κ1) is 14.9. The molecule has 1 atom stereocenters. The number of Topliss-reactive ketones (excluding diaryl/α,β-unsaturated/α-hetero) is 1. The number of carbonyl (C=O) groups excluding carboxylic acids is 2. The van der Waals surface area contributed by atoms with Gasteiger partial charge in [-0.05, 0) is 61.8 Å². The highest BCUT2D eigenvalue weighted by molar-refractivity contribution is 6.49. The Morgan fingerprint density at radius 3 is 2.21 bits per heavy atom. The van der Waals surface area contributed by atoms with Gasteiger partial charge in [0.15, 0.2) is 5.78 Å². The van der Waals surface area contributed by atoms with Crippen LogP contribution in [0.25, 0.3) is 0 Å². The van der Waals surface area contributed by atoms with Crippen molar-refractivity contribution in [2.75, 3.05) is 0 Å². The van der Waals surface area contributed by atoms with Gasteiger partial charge in [-0.2, -0.15) is 0 Å². The third kappa shape index (κ3) is 2.03. The standard InChI is InChI=1S/C20H21ClO3/c21-20(11-15-3-1-2-4-16(15)17(20)22)18(23)24-19-8-12-5-13(9-19)7-14(6-12)10-19/h1-4,12-14H,5-11H2. The van der Waals surface area contributed by atoms with Gasteiger partial charge in [-0.1, -0.05) is 35.9 Å². The molecule has 3 nitrogen and oxygen atoms in total. The molecule has 0 N–H and O–H groups in total. The highest BCUT2D eigenvalue weighted by Gasteiger charge is 2.57. The van der Waals surface area contributed by atoms with Crippen molar-refractivity contribution in [2.24, 2.45) is 17.8 Å². The van der Waals surface area contributed by atoms with Crippen LogP contribution in [0.1, 0.15) is 54.4 Å². The molecule has 4 heteroatoms. The summed E-state index contributed by atoms with van der Waals surface area (Å²) < 4.78 is 6.05. The van der Waals surface area contributed by atoms with E-state index in [0.717, 1.165) is 24.8 Å². The van der Waals surface area contributed by atoms with E-state index in [0.29, 0.717) is 23.3 Å². The Labute approximate surface area is 146 Å². The van der Waals surface area contributed by atoms with E-state index in [1.807, 2.05) is 18.2 Å². The largest absolute Gasteiger partial charge is 0.457 e. The van der Waals surface area contributed by atoms with Crippen LogP contribution in [-0.2, 0) is 16.0 Å². The maximum absolute atomic E-state index is 13.0. The number of rotatable bonds is 2. The van der Waals surface area contributed by atoms with Gasteiger partial charge in [0.25, 0.3) is 0 Å². The van der Waals surface area contributed by atoms with Crippen LogP contribution in [0.2, 0.25) is 0 Å². The van der Waals surface area contributed by atoms with Crippen molar-refractivity contribution >= 4 is 23.4 Å². The first-order valence-electron chi connectivity index (χ1n) is 9.02. The van der Waals surface area contributed by atoms with Gasteiger partial charge in [0.2, 0.25) is 4.87 Å². The van der Waals surface area contributed by atoms with Crippen LogP contribution in [0.15, 0.2) is 24.3 Å². The number of carbonyl (C=O) groups is 2. The molecule has 0 amide bonds. The number of halogens is 1. The summed E-state index contributed by atoms with van der Waals surface area (Å²) in [7, 11) is 0. The molecule has 0 heterocycles. The second-order valence-corrected chi connectivity index (χ2v) is 9.10. The first-order chi connectivity index (χ1) is 11.5. The summed E-state index contributed by atoms with van der Waals surface area (Å²) in [5.41, 5.74) is 1.05. The molecule has 5 aliphatic rings. The summed E-state index contributed by atoms with van der Waals surface area (Å²) in [5, 5.41) is 0.